The van der Waals surface area contributed by atoms with Gasteiger partial charge >= 0.3 is 0 Å². The summed E-state index contributed by atoms with van der Waals surface area (Å²) in [5.74, 6) is -1.26. The smallest absolute Gasteiger partial charge is 0.266 e. The third-order valence-electron chi connectivity index (χ3n) is 6.38. The summed E-state index contributed by atoms with van der Waals surface area (Å²) in [5, 5.41) is 12.0. The van der Waals surface area contributed by atoms with Gasteiger partial charge in [0.15, 0.2) is 0 Å². The summed E-state index contributed by atoms with van der Waals surface area (Å²) in [6, 6.07) is 22.3. The summed E-state index contributed by atoms with van der Waals surface area (Å²) in [5.41, 5.74) is 2.28. The summed E-state index contributed by atoms with van der Waals surface area (Å²) >= 11 is 1.24. The van der Waals surface area contributed by atoms with E-state index in [0.29, 0.717) is 45.5 Å². The maximum atomic E-state index is 12.8. The Bertz CT molecular complexity index is 1520. The molecule has 2 aliphatic heterocycles. The Labute approximate surface area is 215 Å². The Hall–Kier alpha value is -4.70. The van der Waals surface area contributed by atoms with Crippen LogP contribution in [0, 0.1) is 0 Å². The quantitative estimate of drug-likeness (QED) is 0.405. The Morgan fingerprint density at radius 1 is 0.811 bits per heavy atom. The highest BCUT2D eigenvalue weighted by atomic mass is 32.1. The average molecular weight is 510 g/mol. The summed E-state index contributed by atoms with van der Waals surface area (Å²) < 4.78 is 0. The molecule has 0 bridgehead atoms. The predicted octanol–water partition coefficient (Wildman–Crippen LogP) is 4.11. The molecule has 1 saturated heterocycles. The van der Waals surface area contributed by atoms with Gasteiger partial charge in [-0.05, 0) is 48.5 Å². The minimum absolute atomic E-state index is 0.0233. The molecular formula is C27H19N5O4S. The number of para-hydroxylation sites is 1. The lowest BCUT2D eigenvalue weighted by Crippen LogP contribution is -2.29. The molecule has 3 aromatic carbocycles. The van der Waals surface area contributed by atoms with Gasteiger partial charge in [0.1, 0.15) is 5.01 Å². The number of rotatable bonds is 5. The van der Waals surface area contributed by atoms with Gasteiger partial charge in [0, 0.05) is 30.1 Å². The topological polar surface area (TPSA) is 113 Å². The number of nitrogens with zero attached hydrogens (tertiary/aromatic N) is 4. The molecule has 0 saturated carbocycles. The van der Waals surface area contributed by atoms with Crippen molar-refractivity contribution in [3.63, 3.8) is 0 Å². The van der Waals surface area contributed by atoms with Crippen molar-refractivity contribution in [2.45, 2.75) is 12.3 Å². The molecule has 1 unspecified atom stereocenters. The van der Waals surface area contributed by atoms with Crippen molar-refractivity contribution in [2.24, 2.45) is 0 Å². The lowest BCUT2D eigenvalue weighted by molar-refractivity contribution is -0.117. The second-order valence-electron chi connectivity index (χ2n) is 8.68. The standard InChI is InChI=1S/C27H19N5O4S/c33-22-14-17(15-31(22)18-6-2-1-3-7-18)24-29-30-27(37-24)28-23(34)16-10-12-19(13-11-16)32-25(35)20-8-4-5-9-21(20)26(32)36/h1-13,17H,14-15H2,(H,28,30,34). The van der Waals surface area contributed by atoms with Crippen molar-refractivity contribution >= 4 is 51.5 Å². The summed E-state index contributed by atoms with van der Waals surface area (Å²) in [6.07, 6.45) is 0.330. The Morgan fingerprint density at radius 3 is 2.14 bits per heavy atom. The van der Waals surface area contributed by atoms with Crippen LogP contribution in [0.4, 0.5) is 16.5 Å². The van der Waals surface area contributed by atoms with E-state index in [4.69, 9.17) is 0 Å². The highest BCUT2D eigenvalue weighted by Gasteiger charge is 2.36. The average Bonchev–Trinajstić information content (AvgIpc) is 3.61. The van der Waals surface area contributed by atoms with Crippen molar-refractivity contribution in [3.05, 3.63) is 101 Å². The number of nitrogens with one attached hydrogen (secondary N) is 1. The molecule has 1 atom stereocenters. The van der Waals surface area contributed by atoms with E-state index in [1.807, 2.05) is 30.3 Å². The van der Waals surface area contributed by atoms with E-state index in [1.54, 1.807) is 53.4 Å². The van der Waals surface area contributed by atoms with E-state index < -0.39 is 17.7 Å². The normalized spacial score (nSPS) is 16.9. The van der Waals surface area contributed by atoms with E-state index in [0.717, 1.165) is 10.6 Å². The minimum Gasteiger partial charge on any atom is -0.312 e. The molecule has 6 rings (SSSR count). The van der Waals surface area contributed by atoms with Crippen molar-refractivity contribution in [1.82, 2.24) is 10.2 Å². The molecule has 0 spiro atoms. The molecule has 4 amide bonds. The number of hydrogen-bond donors (Lipinski definition) is 1. The molecule has 37 heavy (non-hydrogen) atoms. The first-order valence-electron chi connectivity index (χ1n) is 11.6. The van der Waals surface area contributed by atoms with Crippen LogP contribution in [0.2, 0.25) is 0 Å². The Kier molecular flexibility index (Phi) is 5.57. The lowest BCUT2D eigenvalue weighted by atomic mass is 10.1. The van der Waals surface area contributed by atoms with Gasteiger partial charge in [-0.25, -0.2) is 4.90 Å². The zero-order valence-electron chi connectivity index (χ0n) is 19.3. The Balaban J connectivity index is 1.12. The first kappa shape index (κ1) is 22.7. The van der Waals surface area contributed by atoms with Crippen LogP contribution in [0.1, 0.15) is 48.4 Å². The Morgan fingerprint density at radius 2 is 1.46 bits per heavy atom. The summed E-state index contributed by atoms with van der Waals surface area (Å²) in [4.78, 5) is 53.5. The number of fused-ring (bicyclic) bond motifs is 1. The molecule has 1 fully saturated rings. The van der Waals surface area contributed by atoms with Gasteiger partial charge in [-0.2, -0.15) is 0 Å². The SMILES string of the molecule is O=C(Nc1nnc(C2CC(=O)N(c3ccccc3)C2)s1)c1ccc(N2C(=O)c3ccccc3C2=O)cc1. The zero-order chi connectivity index (χ0) is 25.5. The minimum atomic E-state index is -0.398. The number of imide groups is 1. The fraction of sp³-hybridized carbons (Fsp3) is 0.111. The van der Waals surface area contributed by atoms with Crippen LogP contribution in [0.5, 0.6) is 0 Å². The molecule has 182 valence electrons. The molecule has 3 heterocycles. The third kappa shape index (κ3) is 4.07. The highest BCUT2D eigenvalue weighted by Crippen LogP contribution is 2.34. The monoisotopic (exact) mass is 509 g/mol. The number of hydrogen-bond acceptors (Lipinski definition) is 7. The molecule has 0 radical (unpaired) electrons. The van der Waals surface area contributed by atoms with E-state index in [-0.39, 0.29) is 11.8 Å². The molecular weight excluding hydrogens is 490 g/mol. The number of amides is 4. The fourth-order valence-electron chi connectivity index (χ4n) is 4.54. The first-order chi connectivity index (χ1) is 18.0. The number of anilines is 3. The van der Waals surface area contributed by atoms with Crippen LogP contribution >= 0.6 is 11.3 Å². The fourth-order valence-corrected chi connectivity index (χ4v) is 5.37. The van der Waals surface area contributed by atoms with Crippen LogP contribution in [-0.4, -0.2) is 40.4 Å². The third-order valence-corrected chi connectivity index (χ3v) is 7.39. The predicted molar refractivity (Wildman–Crippen MR) is 138 cm³/mol. The van der Waals surface area contributed by atoms with Gasteiger partial charge < -0.3 is 4.90 Å². The molecule has 1 N–H and O–H groups in total. The van der Waals surface area contributed by atoms with Gasteiger partial charge in [-0.3, -0.25) is 24.5 Å². The highest BCUT2D eigenvalue weighted by molar-refractivity contribution is 7.15. The van der Waals surface area contributed by atoms with Gasteiger partial charge in [-0.15, -0.1) is 10.2 Å². The van der Waals surface area contributed by atoms with Crippen molar-refractivity contribution in [2.75, 3.05) is 21.7 Å². The van der Waals surface area contributed by atoms with Crippen molar-refractivity contribution < 1.29 is 19.2 Å². The summed E-state index contributed by atoms with van der Waals surface area (Å²) in [6.45, 7) is 0.505. The molecule has 1 aromatic heterocycles. The molecule has 0 aliphatic carbocycles. The maximum Gasteiger partial charge on any atom is 0.266 e. The number of carbonyl (C=O) groups excluding carboxylic acids is 4. The second kappa shape index (κ2) is 9.07. The molecule has 10 heteroatoms. The maximum absolute atomic E-state index is 12.8. The molecule has 9 nitrogen and oxygen atoms in total. The van der Waals surface area contributed by atoms with Crippen LogP contribution in [0.15, 0.2) is 78.9 Å². The first-order valence-corrected chi connectivity index (χ1v) is 12.4. The van der Waals surface area contributed by atoms with Crippen LogP contribution in [-0.2, 0) is 4.79 Å². The van der Waals surface area contributed by atoms with Crippen LogP contribution in [0.25, 0.3) is 0 Å². The number of aromatic nitrogens is 2. The lowest BCUT2D eigenvalue weighted by Gasteiger charge is -2.15. The van der Waals surface area contributed by atoms with Crippen LogP contribution < -0.4 is 15.1 Å². The molecule has 2 aliphatic rings. The van der Waals surface area contributed by atoms with E-state index >= 15 is 0 Å². The van der Waals surface area contributed by atoms with Gasteiger partial charge in [0.2, 0.25) is 11.0 Å². The van der Waals surface area contributed by atoms with Crippen molar-refractivity contribution in [1.29, 1.82) is 0 Å². The number of carbonyl (C=O) groups is 4. The zero-order valence-corrected chi connectivity index (χ0v) is 20.1. The van der Waals surface area contributed by atoms with Gasteiger partial charge in [-0.1, -0.05) is 41.7 Å². The second-order valence-corrected chi connectivity index (χ2v) is 9.69. The summed E-state index contributed by atoms with van der Waals surface area (Å²) in [7, 11) is 0. The largest absolute Gasteiger partial charge is 0.312 e. The van der Waals surface area contributed by atoms with Gasteiger partial charge in [0.05, 0.1) is 16.8 Å². The van der Waals surface area contributed by atoms with Gasteiger partial charge in [0.25, 0.3) is 17.7 Å². The van der Waals surface area contributed by atoms with E-state index in [1.165, 1.54) is 11.3 Å². The number of benzene rings is 3. The molecule has 4 aromatic rings. The van der Waals surface area contributed by atoms with E-state index in [9.17, 15) is 19.2 Å². The van der Waals surface area contributed by atoms with Crippen molar-refractivity contribution in [3.8, 4) is 0 Å². The van der Waals surface area contributed by atoms with Crippen LogP contribution in [0.3, 0.4) is 0 Å². The van der Waals surface area contributed by atoms with E-state index in [2.05, 4.69) is 15.5 Å².